The number of carbonyl (C=O) groups excluding carboxylic acids is 2. The number of hydrogen-bond donors (Lipinski definition) is 0. The number of nitrogens with zero attached hydrogens (tertiary/aromatic N) is 1. The van der Waals surface area contributed by atoms with E-state index >= 15 is 0 Å². The molecule has 5 nitrogen and oxygen atoms in total. The highest BCUT2D eigenvalue weighted by Gasteiger charge is 2.27. The maximum atomic E-state index is 12.9. The van der Waals surface area contributed by atoms with Gasteiger partial charge in [0, 0.05) is 12.8 Å². The van der Waals surface area contributed by atoms with Crippen molar-refractivity contribution < 1.29 is 19.1 Å². The Morgan fingerprint density at radius 2 is 0.905 bits per heavy atom. The lowest BCUT2D eigenvalue weighted by Crippen LogP contribution is -2.35. The Bertz CT molecular complexity index is 673. The first-order chi connectivity index (χ1) is 20.4. The zero-order valence-corrected chi connectivity index (χ0v) is 28.5. The third kappa shape index (κ3) is 27.2. The quantitative estimate of drug-likeness (QED) is 0.0472. The topological polar surface area (TPSA) is 55.8 Å². The van der Waals surface area contributed by atoms with Crippen molar-refractivity contribution in [1.29, 1.82) is 0 Å². The van der Waals surface area contributed by atoms with Gasteiger partial charge in [-0.15, -0.1) is 0 Å². The van der Waals surface area contributed by atoms with Crippen LogP contribution in [0.3, 0.4) is 0 Å². The smallest absolute Gasteiger partial charge is 0.306 e. The van der Waals surface area contributed by atoms with Crippen LogP contribution < -0.4 is 0 Å². The van der Waals surface area contributed by atoms with E-state index in [1.54, 1.807) is 0 Å². The monoisotopic (exact) mass is 592 g/mol. The normalized spacial score (nSPS) is 13.3. The molecule has 0 saturated carbocycles. The van der Waals surface area contributed by atoms with Gasteiger partial charge in [-0.05, 0) is 91.3 Å². The Morgan fingerprint density at radius 3 is 1.36 bits per heavy atom. The van der Waals surface area contributed by atoms with E-state index in [0.717, 1.165) is 57.9 Å². The lowest BCUT2D eigenvalue weighted by Gasteiger charge is -2.27. The van der Waals surface area contributed by atoms with Gasteiger partial charge in [0.05, 0.1) is 0 Å². The SMILES string of the molecule is CCCCC/C=C\CCC(OC(=O)CCCCCCCCC)C(CC/C=C\CCCCC)OC(=O)CCCCN(C)C. The van der Waals surface area contributed by atoms with Crippen LogP contribution in [0.15, 0.2) is 24.3 Å². The van der Waals surface area contributed by atoms with Gasteiger partial charge in [-0.2, -0.15) is 0 Å². The summed E-state index contributed by atoms with van der Waals surface area (Å²) in [6, 6.07) is 0. The van der Waals surface area contributed by atoms with Crippen LogP contribution in [0.2, 0.25) is 0 Å². The van der Waals surface area contributed by atoms with Crippen molar-refractivity contribution in [2.75, 3.05) is 20.6 Å². The van der Waals surface area contributed by atoms with Crippen LogP contribution >= 0.6 is 0 Å². The summed E-state index contributed by atoms with van der Waals surface area (Å²) in [5, 5.41) is 0. The molecule has 0 fully saturated rings. The zero-order chi connectivity index (χ0) is 31.1. The molecule has 0 N–H and O–H groups in total. The summed E-state index contributed by atoms with van der Waals surface area (Å²) in [7, 11) is 4.10. The number of hydrogen-bond acceptors (Lipinski definition) is 5. The summed E-state index contributed by atoms with van der Waals surface area (Å²) in [6.07, 6.45) is 31.5. The average molecular weight is 592 g/mol. The second-order valence-corrected chi connectivity index (χ2v) is 12.3. The number of esters is 2. The molecule has 0 aromatic heterocycles. The molecule has 0 rings (SSSR count). The minimum absolute atomic E-state index is 0.150. The Kier molecular flexibility index (Phi) is 29.6. The van der Waals surface area contributed by atoms with Crippen LogP contribution in [-0.2, 0) is 19.1 Å². The predicted octanol–water partition coefficient (Wildman–Crippen LogP) is 10.5. The number of unbranched alkanes of at least 4 members (excludes halogenated alkanes) is 13. The molecule has 0 heterocycles. The molecule has 0 aromatic carbocycles. The highest BCUT2D eigenvalue weighted by molar-refractivity contribution is 5.70. The summed E-state index contributed by atoms with van der Waals surface area (Å²) >= 11 is 0. The lowest BCUT2D eigenvalue weighted by atomic mass is 10.0. The van der Waals surface area contributed by atoms with Gasteiger partial charge in [0.2, 0.25) is 0 Å². The van der Waals surface area contributed by atoms with Crippen LogP contribution in [0.4, 0.5) is 0 Å². The summed E-state index contributed by atoms with van der Waals surface area (Å²) < 4.78 is 12.2. The van der Waals surface area contributed by atoms with E-state index in [2.05, 4.69) is 50.0 Å². The van der Waals surface area contributed by atoms with Crippen LogP contribution in [0.5, 0.6) is 0 Å². The number of carbonyl (C=O) groups is 2. The van der Waals surface area contributed by atoms with E-state index < -0.39 is 12.2 Å². The van der Waals surface area contributed by atoms with Gasteiger partial charge >= 0.3 is 11.9 Å². The van der Waals surface area contributed by atoms with Crippen LogP contribution in [-0.4, -0.2) is 49.7 Å². The van der Waals surface area contributed by atoms with E-state index in [1.807, 2.05) is 14.1 Å². The first-order valence-electron chi connectivity index (χ1n) is 17.8. The van der Waals surface area contributed by atoms with Crippen LogP contribution in [0.25, 0.3) is 0 Å². The summed E-state index contributed by atoms with van der Waals surface area (Å²) in [6.45, 7) is 7.63. The minimum Gasteiger partial charge on any atom is -0.458 e. The number of ether oxygens (including phenoxy) is 2. The van der Waals surface area contributed by atoms with Crippen molar-refractivity contribution in [3.63, 3.8) is 0 Å². The van der Waals surface area contributed by atoms with Gasteiger partial charge in [0.1, 0.15) is 12.2 Å². The van der Waals surface area contributed by atoms with Gasteiger partial charge in [0.15, 0.2) is 0 Å². The second kappa shape index (κ2) is 30.8. The highest BCUT2D eigenvalue weighted by atomic mass is 16.6. The maximum Gasteiger partial charge on any atom is 0.306 e. The third-order valence-electron chi connectivity index (χ3n) is 7.72. The Morgan fingerprint density at radius 1 is 0.524 bits per heavy atom. The summed E-state index contributed by atoms with van der Waals surface area (Å²) in [5.74, 6) is -0.323. The molecule has 0 saturated heterocycles. The molecule has 0 amide bonds. The molecule has 0 aliphatic heterocycles. The van der Waals surface area contributed by atoms with Crippen molar-refractivity contribution in [2.45, 2.75) is 181 Å². The Labute approximate surface area is 261 Å². The molecule has 0 aromatic rings. The first-order valence-corrected chi connectivity index (χ1v) is 17.8. The third-order valence-corrected chi connectivity index (χ3v) is 7.72. The minimum atomic E-state index is -0.405. The molecule has 42 heavy (non-hydrogen) atoms. The molecular formula is C37H69NO4. The fourth-order valence-electron chi connectivity index (χ4n) is 5.04. The summed E-state index contributed by atoms with van der Waals surface area (Å²) in [4.78, 5) is 28.0. The summed E-state index contributed by atoms with van der Waals surface area (Å²) in [5.41, 5.74) is 0. The molecule has 246 valence electrons. The molecular weight excluding hydrogens is 522 g/mol. The lowest BCUT2D eigenvalue weighted by molar-refractivity contribution is -0.169. The van der Waals surface area contributed by atoms with E-state index in [1.165, 1.54) is 70.6 Å². The second-order valence-electron chi connectivity index (χ2n) is 12.3. The van der Waals surface area contributed by atoms with Crippen molar-refractivity contribution in [3.05, 3.63) is 24.3 Å². The molecule has 0 aliphatic rings. The van der Waals surface area contributed by atoms with E-state index in [9.17, 15) is 9.59 Å². The molecule has 0 bridgehead atoms. The van der Waals surface area contributed by atoms with E-state index in [-0.39, 0.29) is 11.9 Å². The van der Waals surface area contributed by atoms with Crippen molar-refractivity contribution in [3.8, 4) is 0 Å². The van der Waals surface area contributed by atoms with Crippen molar-refractivity contribution >= 4 is 11.9 Å². The van der Waals surface area contributed by atoms with Gasteiger partial charge in [-0.25, -0.2) is 0 Å². The van der Waals surface area contributed by atoms with Crippen molar-refractivity contribution in [2.24, 2.45) is 0 Å². The number of allylic oxidation sites excluding steroid dienone is 4. The van der Waals surface area contributed by atoms with E-state index in [4.69, 9.17) is 9.47 Å². The zero-order valence-electron chi connectivity index (χ0n) is 28.5. The Hall–Kier alpha value is -1.62. The molecule has 0 aliphatic carbocycles. The highest BCUT2D eigenvalue weighted by Crippen LogP contribution is 2.20. The molecule has 5 heteroatoms. The molecule has 0 radical (unpaired) electrons. The molecule has 2 unspecified atom stereocenters. The van der Waals surface area contributed by atoms with Gasteiger partial charge in [-0.3, -0.25) is 9.59 Å². The maximum absolute atomic E-state index is 12.9. The van der Waals surface area contributed by atoms with Gasteiger partial charge in [0.25, 0.3) is 0 Å². The fraction of sp³-hybridized carbons (Fsp3) is 0.838. The van der Waals surface area contributed by atoms with Crippen LogP contribution in [0.1, 0.15) is 168 Å². The predicted molar refractivity (Wildman–Crippen MR) is 180 cm³/mol. The van der Waals surface area contributed by atoms with Crippen molar-refractivity contribution in [1.82, 2.24) is 4.90 Å². The van der Waals surface area contributed by atoms with Crippen LogP contribution in [0, 0.1) is 0 Å². The van der Waals surface area contributed by atoms with E-state index in [0.29, 0.717) is 25.7 Å². The fourth-order valence-corrected chi connectivity index (χ4v) is 5.04. The first kappa shape index (κ1) is 40.4. The molecule has 0 spiro atoms. The average Bonchev–Trinajstić information content (AvgIpc) is 2.96. The Balaban J connectivity index is 5.24. The van der Waals surface area contributed by atoms with Gasteiger partial charge < -0.3 is 14.4 Å². The van der Waals surface area contributed by atoms with Gasteiger partial charge in [-0.1, -0.05) is 109 Å². The number of rotatable bonds is 30. The molecule has 2 atom stereocenters. The standard InChI is InChI=1S/C37H69NO4/c1-6-9-12-15-18-21-24-29-34(41-36(39)31-26-23-20-17-14-11-8-3)35(30-25-22-19-16-13-10-7-2)42-37(40)32-27-28-33-38(4)5/h18-19,21-22,34-35H,6-17,20,23-33H2,1-5H3/b21-18-,22-19-. The largest absolute Gasteiger partial charge is 0.458 e.